The minimum absolute atomic E-state index is 0.124. The predicted molar refractivity (Wildman–Crippen MR) is 67.3 cm³/mol. The van der Waals surface area contributed by atoms with Crippen molar-refractivity contribution in [3.05, 3.63) is 34.2 Å². The van der Waals surface area contributed by atoms with Crippen molar-refractivity contribution in [2.45, 2.75) is 6.92 Å². The summed E-state index contributed by atoms with van der Waals surface area (Å²) in [4.78, 5) is 38.3. The van der Waals surface area contributed by atoms with E-state index in [-0.39, 0.29) is 23.3 Å². The summed E-state index contributed by atoms with van der Waals surface area (Å²) in [6.07, 6.45) is 1.42. The molecule has 0 aliphatic heterocycles. The van der Waals surface area contributed by atoms with Gasteiger partial charge >= 0.3 is 0 Å². The first-order valence-corrected chi connectivity index (χ1v) is 5.61. The summed E-state index contributed by atoms with van der Waals surface area (Å²) in [5.74, 6) is -0.705. The van der Waals surface area contributed by atoms with Crippen molar-refractivity contribution in [1.82, 2.24) is 15.2 Å². The van der Waals surface area contributed by atoms with Gasteiger partial charge in [-0.1, -0.05) is 6.92 Å². The summed E-state index contributed by atoms with van der Waals surface area (Å²) >= 11 is 0. The molecule has 1 aromatic rings. The van der Waals surface area contributed by atoms with Crippen LogP contribution in [0.1, 0.15) is 17.3 Å². The molecule has 2 amide bonds. The normalized spacial score (nSPS) is 11.7. The lowest BCUT2D eigenvalue weighted by Crippen LogP contribution is -2.37. The molecule has 0 spiro atoms. The number of nitrogens with zero attached hydrogens (tertiary/aromatic N) is 1. The average Bonchev–Trinajstić information content (AvgIpc) is 2.36. The van der Waals surface area contributed by atoms with Crippen LogP contribution in [0.25, 0.3) is 0 Å². The van der Waals surface area contributed by atoms with E-state index < -0.39 is 0 Å². The number of rotatable bonds is 4. The molecule has 18 heavy (non-hydrogen) atoms. The zero-order chi connectivity index (χ0) is 13.7. The molecule has 98 valence electrons. The molecule has 1 heterocycles. The van der Waals surface area contributed by atoms with Crippen LogP contribution < -0.4 is 10.9 Å². The van der Waals surface area contributed by atoms with Gasteiger partial charge in [-0.15, -0.1) is 0 Å². The number of pyridine rings is 1. The predicted octanol–water partition coefficient (Wildman–Crippen LogP) is -0.171. The van der Waals surface area contributed by atoms with Gasteiger partial charge in [0.05, 0.1) is 5.92 Å². The Labute approximate surface area is 105 Å². The maximum Gasteiger partial charge on any atom is 0.253 e. The average molecular weight is 251 g/mol. The quantitative estimate of drug-likeness (QED) is 0.779. The Hall–Kier alpha value is -2.11. The lowest BCUT2D eigenvalue weighted by atomic mass is 10.1. The van der Waals surface area contributed by atoms with Crippen LogP contribution >= 0.6 is 0 Å². The lowest BCUT2D eigenvalue weighted by molar-refractivity contribution is -0.124. The number of nitrogens with one attached hydrogen (secondary N) is 2. The van der Waals surface area contributed by atoms with E-state index in [0.29, 0.717) is 12.1 Å². The molecule has 0 aromatic carbocycles. The number of aromatic amines is 1. The van der Waals surface area contributed by atoms with Gasteiger partial charge in [-0.25, -0.2) is 0 Å². The minimum atomic E-state index is -0.325. The highest BCUT2D eigenvalue weighted by atomic mass is 16.2. The van der Waals surface area contributed by atoms with Gasteiger partial charge < -0.3 is 15.2 Å². The Bertz CT molecular complexity index is 495. The van der Waals surface area contributed by atoms with Crippen LogP contribution in [0.15, 0.2) is 23.1 Å². The Morgan fingerprint density at radius 1 is 1.50 bits per heavy atom. The molecule has 6 nitrogen and oxygen atoms in total. The van der Waals surface area contributed by atoms with Crippen molar-refractivity contribution in [3.63, 3.8) is 0 Å². The molecule has 1 rings (SSSR count). The number of hydrogen-bond acceptors (Lipinski definition) is 3. The molecule has 0 bridgehead atoms. The van der Waals surface area contributed by atoms with Gasteiger partial charge in [-0.3, -0.25) is 14.4 Å². The summed E-state index contributed by atoms with van der Waals surface area (Å²) in [7, 11) is 3.15. The second-order valence-electron chi connectivity index (χ2n) is 4.14. The first-order chi connectivity index (χ1) is 8.45. The van der Waals surface area contributed by atoms with E-state index in [2.05, 4.69) is 10.3 Å². The highest BCUT2D eigenvalue weighted by Crippen LogP contribution is 2.04. The van der Waals surface area contributed by atoms with Gasteiger partial charge in [-0.05, 0) is 6.07 Å². The lowest BCUT2D eigenvalue weighted by Gasteiger charge is -2.20. The summed E-state index contributed by atoms with van der Waals surface area (Å²) in [6.45, 7) is 2.03. The molecule has 0 aliphatic carbocycles. The first-order valence-electron chi connectivity index (χ1n) is 5.61. The van der Waals surface area contributed by atoms with Crippen molar-refractivity contribution >= 4 is 11.8 Å². The fourth-order valence-corrected chi connectivity index (χ4v) is 1.62. The number of carbonyl (C=O) groups is 2. The summed E-state index contributed by atoms with van der Waals surface area (Å²) in [6, 6.07) is 2.77. The maximum atomic E-state index is 12.0. The summed E-state index contributed by atoms with van der Waals surface area (Å²) < 4.78 is 0. The Morgan fingerprint density at radius 3 is 2.72 bits per heavy atom. The van der Waals surface area contributed by atoms with E-state index in [4.69, 9.17) is 0 Å². The Kier molecular flexibility index (Phi) is 4.65. The second-order valence-corrected chi connectivity index (χ2v) is 4.14. The van der Waals surface area contributed by atoms with Gasteiger partial charge in [-0.2, -0.15) is 0 Å². The van der Waals surface area contributed by atoms with Crippen molar-refractivity contribution in [1.29, 1.82) is 0 Å². The molecular formula is C12H17N3O3. The van der Waals surface area contributed by atoms with E-state index in [0.717, 1.165) is 0 Å². The zero-order valence-corrected chi connectivity index (χ0v) is 10.7. The molecule has 0 saturated heterocycles. The van der Waals surface area contributed by atoms with Gasteiger partial charge in [0.2, 0.25) is 11.5 Å². The second kappa shape index (κ2) is 6.00. The standard InChI is InChI=1S/C12H17N3O3/c1-8(11(17)13-2)7-15(3)12(18)9-4-5-14-10(16)6-9/h4-6,8H,7H2,1-3H3,(H,13,17)(H,14,16). The van der Waals surface area contributed by atoms with Gasteiger partial charge in [0, 0.05) is 38.5 Å². The van der Waals surface area contributed by atoms with E-state index >= 15 is 0 Å². The monoisotopic (exact) mass is 251 g/mol. The molecule has 6 heteroatoms. The number of H-pyrrole nitrogens is 1. The first kappa shape index (κ1) is 14.0. The molecule has 1 atom stereocenters. The number of carbonyl (C=O) groups excluding carboxylic acids is 2. The molecule has 0 radical (unpaired) electrons. The number of aromatic nitrogens is 1. The van der Waals surface area contributed by atoms with Crippen molar-refractivity contribution in [2.75, 3.05) is 20.6 Å². The third-order valence-corrected chi connectivity index (χ3v) is 2.61. The van der Waals surface area contributed by atoms with E-state index in [1.54, 1.807) is 21.0 Å². The molecule has 2 N–H and O–H groups in total. The molecule has 1 aromatic heterocycles. The topological polar surface area (TPSA) is 82.3 Å². The largest absolute Gasteiger partial charge is 0.359 e. The third-order valence-electron chi connectivity index (χ3n) is 2.61. The number of hydrogen-bond donors (Lipinski definition) is 2. The Balaban J connectivity index is 2.73. The summed E-state index contributed by atoms with van der Waals surface area (Å²) in [5, 5.41) is 2.53. The highest BCUT2D eigenvalue weighted by molar-refractivity contribution is 5.94. The maximum absolute atomic E-state index is 12.0. The summed E-state index contributed by atoms with van der Waals surface area (Å²) in [5.41, 5.74) is -0.0149. The molecule has 0 saturated carbocycles. The van der Waals surface area contributed by atoms with E-state index in [9.17, 15) is 14.4 Å². The Morgan fingerprint density at radius 2 is 2.17 bits per heavy atom. The highest BCUT2D eigenvalue weighted by Gasteiger charge is 2.18. The smallest absolute Gasteiger partial charge is 0.253 e. The van der Waals surface area contributed by atoms with Crippen LogP contribution in [-0.4, -0.2) is 42.3 Å². The third kappa shape index (κ3) is 3.44. The van der Waals surface area contributed by atoms with E-state index in [1.807, 2.05) is 0 Å². The fourth-order valence-electron chi connectivity index (χ4n) is 1.62. The van der Waals surface area contributed by atoms with Crippen molar-refractivity contribution < 1.29 is 9.59 Å². The van der Waals surface area contributed by atoms with Crippen LogP contribution in [0.5, 0.6) is 0 Å². The zero-order valence-electron chi connectivity index (χ0n) is 10.7. The molecule has 1 unspecified atom stereocenters. The fraction of sp³-hybridized carbons (Fsp3) is 0.417. The van der Waals surface area contributed by atoms with Gasteiger partial charge in [0.15, 0.2) is 0 Å². The van der Waals surface area contributed by atoms with Gasteiger partial charge in [0.1, 0.15) is 0 Å². The van der Waals surface area contributed by atoms with Crippen LogP contribution in [-0.2, 0) is 4.79 Å². The van der Waals surface area contributed by atoms with Crippen LogP contribution in [0.3, 0.4) is 0 Å². The molecule has 0 fully saturated rings. The van der Waals surface area contributed by atoms with Crippen molar-refractivity contribution in [3.8, 4) is 0 Å². The van der Waals surface area contributed by atoms with Crippen molar-refractivity contribution in [2.24, 2.45) is 5.92 Å². The van der Waals surface area contributed by atoms with Crippen LogP contribution in [0, 0.1) is 5.92 Å². The SMILES string of the molecule is CNC(=O)C(C)CN(C)C(=O)c1cc[nH]c(=O)c1. The van der Waals surface area contributed by atoms with Crippen LogP contribution in [0.2, 0.25) is 0 Å². The molecular weight excluding hydrogens is 234 g/mol. The molecule has 0 aliphatic rings. The number of amides is 2. The van der Waals surface area contributed by atoms with Crippen LogP contribution in [0.4, 0.5) is 0 Å². The van der Waals surface area contributed by atoms with Gasteiger partial charge in [0.25, 0.3) is 5.91 Å². The van der Waals surface area contributed by atoms with E-state index in [1.165, 1.54) is 23.2 Å². The minimum Gasteiger partial charge on any atom is -0.359 e.